The van der Waals surface area contributed by atoms with Gasteiger partial charge in [-0.2, -0.15) is 0 Å². The van der Waals surface area contributed by atoms with Crippen molar-refractivity contribution in [3.05, 3.63) is 0 Å². The van der Waals surface area contributed by atoms with Gasteiger partial charge in [0.25, 0.3) is 0 Å². The summed E-state index contributed by atoms with van der Waals surface area (Å²) in [6, 6.07) is 0.371. The maximum atomic E-state index is 12.1. The summed E-state index contributed by atoms with van der Waals surface area (Å²) in [5.41, 5.74) is 0.289. The lowest BCUT2D eigenvalue weighted by Crippen LogP contribution is -2.68. The summed E-state index contributed by atoms with van der Waals surface area (Å²) in [6.07, 6.45) is 6.14. The highest BCUT2D eigenvalue weighted by atomic mass is 35.5. The molecule has 3 aliphatic rings. The third-order valence-electron chi connectivity index (χ3n) is 5.18. The first-order valence-corrected chi connectivity index (χ1v) is 7.39. The Morgan fingerprint density at radius 2 is 2.26 bits per heavy atom. The molecule has 1 aliphatic heterocycles. The SMILES string of the molecule is CCOC1CC(NC(=O)C2CCNC2)C12CCC2.Cl. The van der Waals surface area contributed by atoms with Gasteiger partial charge in [0.1, 0.15) is 0 Å². The molecule has 3 rings (SSSR count). The van der Waals surface area contributed by atoms with Crippen molar-refractivity contribution in [1.29, 1.82) is 0 Å². The molecule has 3 fully saturated rings. The topological polar surface area (TPSA) is 50.4 Å². The van der Waals surface area contributed by atoms with E-state index < -0.39 is 0 Å². The molecular formula is C14H25ClN2O2. The van der Waals surface area contributed by atoms with Gasteiger partial charge in [0.05, 0.1) is 12.0 Å². The van der Waals surface area contributed by atoms with E-state index in [0.29, 0.717) is 12.1 Å². The molecule has 110 valence electrons. The highest BCUT2D eigenvalue weighted by molar-refractivity contribution is 5.85. The highest BCUT2D eigenvalue weighted by Gasteiger charge is 2.59. The number of hydrogen-bond donors (Lipinski definition) is 2. The van der Waals surface area contributed by atoms with Crippen molar-refractivity contribution >= 4 is 18.3 Å². The van der Waals surface area contributed by atoms with Gasteiger partial charge in [0, 0.05) is 24.6 Å². The molecule has 3 atom stereocenters. The maximum absolute atomic E-state index is 12.1. The van der Waals surface area contributed by atoms with Crippen LogP contribution in [0, 0.1) is 11.3 Å². The Morgan fingerprint density at radius 3 is 2.79 bits per heavy atom. The smallest absolute Gasteiger partial charge is 0.224 e. The number of amides is 1. The summed E-state index contributed by atoms with van der Waals surface area (Å²) in [7, 11) is 0. The zero-order valence-electron chi connectivity index (χ0n) is 11.6. The molecule has 2 saturated carbocycles. The predicted octanol–water partition coefficient (Wildman–Crippen LogP) is 1.48. The van der Waals surface area contributed by atoms with E-state index in [1.54, 1.807) is 0 Å². The number of ether oxygens (including phenoxy) is 1. The first-order chi connectivity index (χ1) is 8.76. The van der Waals surface area contributed by atoms with Crippen molar-refractivity contribution in [1.82, 2.24) is 10.6 Å². The molecule has 0 radical (unpaired) electrons. The van der Waals surface area contributed by atoms with Gasteiger partial charge in [-0.15, -0.1) is 12.4 Å². The van der Waals surface area contributed by atoms with Crippen LogP contribution in [0.1, 0.15) is 39.0 Å². The van der Waals surface area contributed by atoms with Crippen LogP contribution >= 0.6 is 12.4 Å². The molecule has 0 aromatic heterocycles. The van der Waals surface area contributed by atoms with Crippen molar-refractivity contribution in [2.24, 2.45) is 11.3 Å². The number of carbonyl (C=O) groups is 1. The van der Waals surface area contributed by atoms with E-state index >= 15 is 0 Å². The lowest BCUT2D eigenvalue weighted by Gasteiger charge is -2.61. The first-order valence-electron chi connectivity index (χ1n) is 7.39. The van der Waals surface area contributed by atoms with E-state index in [1.165, 1.54) is 19.3 Å². The van der Waals surface area contributed by atoms with Gasteiger partial charge >= 0.3 is 0 Å². The molecule has 4 nitrogen and oxygen atoms in total. The van der Waals surface area contributed by atoms with E-state index in [9.17, 15) is 4.79 Å². The van der Waals surface area contributed by atoms with Crippen molar-refractivity contribution in [3.63, 3.8) is 0 Å². The summed E-state index contributed by atoms with van der Waals surface area (Å²) >= 11 is 0. The van der Waals surface area contributed by atoms with Crippen LogP contribution in [0.4, 0.5) is 0 Å². The van der Waals surface area contributed by atoms with Crippen molar-refractivity contribution < 1.29 is 9.53 Å². The minimum atomic E-state index is 0. The van der Waals surface area contributed by atoms with Gasteiger partial charge in [0.2, 0.25) is 5.91 Å². The van der Waals surface area contributed by atoms with Crippen LogP contribution in [0.2, 0.25) is 0 Å². The van der Waals surface area contributed by atoms with Crippen LogP contribution < -0.4 is 10.6 Å². The van der Waals surface area contributed by atoms with Crippen molar-refractivity contribution in [2.75, 3.05) is 19.7 Å². The van der Waals surface area contributed by atoms with Gasteiger partial charge in [-0.3, -0.25) is 4.79 Å². The molecule has 2 N–H and O–H groups in total. The molecular weight excluding hydrogens is 264 g/mol. The van der Waals surface area contributed by atoms with Crippen LogP contribution in [0.3, 0.4) is 0 Å². The van der Waals surface area contributed by atoms with Crippen LogP contribution in [-0.2, 0) is 9.53 Å². The second-order valence-electron chi connectivity index (χ2n) is 6.02. The highest BCUT2D eigenvalue weighted by Crippen LogP contribution is 2.57. The molecule has 2 aliphatic carbocycles. The number of halogens is 1. The molecule has 19 heavy (non-hydrogen) atoms. The summed E-state index contributed by atoms with van der Waals surface area (Å²) in [5, 5.41) is 6.54. The minimum absolute atomic E-state index is 0. The third-order valence-corrected chi connectivity index (χ3v) is 5.18. The summed E-state index contributed by atoms with van der Waals surface area (Å²) < 4.78 is 5.81. The molecule has 5 heteroatoms. The van der Waals surface area contributed by atoms with E-state index in [-0.39, 0.29) is 29.6 Å². The van der Waals surface area contributed by atoms with Gasteiger partial charge in [0.15, 0.2) is 0 Å². The molecule has 1 spiro atoms. The predicted molar refractivity (Wildman–Crippen MR) is 76.5 cm³/mol. The Hall–Kier alpha value is -0.320. The van der Waals surface area contributed by atoms with Crippen LogP contribution in [0.25, 0.3) is 0 Å². The fraction of sp³-hybridized carbons (Fsp3) is 0.929. The fourth-order valence-corrected chi connectivity index (χ4v) is 3.81. The Morgan fingerprint density at radius 1 is 1.47 bits per heavy atom. The van der Waals surface area contributed by atoms with E-state index in [0.717, 1.165) is 32.5 Å². The normalized spacial score (nSPS) is 35.1. The Kier molecular flexibility index (Phi) is 4.75. The van der Waals surface area contributed by atoms with E-state index in [2.05, 4.69) is 17.6 Å². The average molecular weight is 289 g/mol. The minimum Gasteiger partial charge on any atom is -0.378 e. The van der Waals surface area contributed by atoms with Gasteiger partial charge in [-0.05, 0) is 39.2 Å². The standard InChI is InChI=1S/C14H24N2O2.ClH/c1-2-18-12-8-11(14(12)5-3-6-14)16-13(17)10-4-7-15-9-10;/h10-12,15H,2-9H2,1H3,(H,16,17);1H. The Bertz CT molecular complexity index is 327. The van der Waals surface area contributed by atoms with Crippen LogP contribution in [-0.4, -0.2) is 37.7 Å². The van der Waals surface area contributed by atoms with Gasteiger partial charge in [-0.25, -0.2) is 0 Å². The number of nitrogens with one attached hydrogen (secondary N) is 2. The van der Waals surface area contributed by atoms with E-state index in [4.69, 9.17) is 4.74 Å². The molecule has 1 amide bonds. The largest absolute Gasteiger partial charge is 0.378 e. The van der Waals surface area contributed by atoms with Crippen molar-refractivity contribution in [3.8, 4) is 0 Å². The van der Waals surface area contributed by atoms with Crippen molar-refractivity contribution in [2.45, 2.75) is 51.2 Å². The van der Waals surface area contributed by atoms with Crippen LogP contribution in [0.15, 0.2) is 0 Å². The number of carbonyl (C=O) groups excluding carboxylic acids is 1. The van der Waals surface area contributed by atoms with E-state index in [1.807, 2.05) is 0 Å². The average Bonchev–Trinajstić information content (AvgIpc) is 2.78. The maximum Gasteiger partial charge on any atom is 0.224 e. The lowest BCUT2D eigenvalue weighted by atomic mass is 9.51. The molecule has 1 heterocycles. The number of hydrogen-bond acceptors (Lipinski definition) is 3. The van der Waals surface area contributed by atoms with Gasteiger partial charge in [-0.1, -0.05) is 6.42 Å². The lowest BCUT2D eigenvalue weighted by molar-refractivity contribution is -0.176. The molecule has 0 aromatic carbocycles. The second-order valence-corrected chi connectivity index (χ2v) is 6.02. The Labute approximate surface area is 121 Å². The summed E-state index contributed by atoms with van der Waals surface area (Å²) in [5.74, 6) is 0.444. The zero-order chi connectivity index (χ0) is 12.6. The van der Waals surface area contributed by atoms with Gasteiger partial charge < -0.3 is 15.4 Å². The molecule has 1 saturated heterocycles. The monoisotopic (exact) mass is 288 g/mol. The Balaban J connectivity index is 0.00000133. The molecule has 0 bridgehead atoms. The molecule has 0 aromatic rings. The van der Waals surface area contributed by atoms with Crippen LogP contribution in [0.5, 0.6) is 0 Å². The number of rotatable bonds is 4. The fourth-order valence-electron chi connectivity index (χ4n) is 3.81. The quantitative estimate of drug-likeness (QED) is 0.824. The first kappa shape index (κ1) is 15.1. The second kappa shape index (κ2) is 5.98. The summed E-state index contributed by atoms with van der Waals surface area (Å²) in [6.45, 7) is 4.68. The zero-order valence-corrected chi connectivity index (χ0v) is 12.4. The summed E-state index contributed by atoms with van der Waals surface area (Å²) in [4.78, 5) is 12.1. The molecule has 3 unspecified atom stereocenters. The third kappa shape index (κ3) is 2.50.